The summed E-state index contributed by atoms with van der Waals surface area (Å²) in [6.45, 7) is 7.03. The zero-order chi connectivity index (χ0) is 12.6. The third-order valence-corrected chi connectivity index (χ3v) is 3.39. The minimum Gasteiger partial charge on any atom is -0.444 e. The predicted octanol–water partition coefficient (Wildman–Crippen LogP) is 1.21. The molecular formula is C10H17NO4S. The van der Waals surface area contributed by atoms with E-state index in [1.54, 1.807) is 27.7 Å². The number of ether oxygens (including phenoxy) is 1. The van der Waals surface area contributed by atoms with Crippen molar-refractivity contribution >= 4 is 15.9 Å². The first-order chi connectivity index (χ1) is 7.09. The molecule has 0 aromatic rings. The lowest BCUT2D eigenvalue weighted by atomic mass is 10.2. The van der Waals surface area contributed by atoms with Crippen molar-refractivity contribution in [2.75, 3.05) is 5.75 Å². The van der Waals surface area contributed by atoms with Crippen LogP contribution in [0.5, 0.6) is 0 Å². The number of amides is 1. The molecule has 1 heterocycles. The topological polar surface area (TPSA) is 72.5 Å². The van der Waals surface area contributed by atoms with Crippen LogP contribution in [0.15, 0.2) is 11.0 Å². The van der Waals surface area contributed by atoms with Crippen molar-refractivity contribution in [1.82, 2.24) is 5.32 Å². The lowest BCUT2D eigenvalue weighted by Gasteiger charge is -2.25. The second-order valence-corrected chi connectivity index (χ2v) is 6.72. The monoisotopic (exact) mass is 247 g/mol. The first-order valence-corrected chi connectivity index (χ1v) is 6.73. The molecule has 0 saturated heterocycles. The van der Waals surface area contributed by atoms with Gasteiger partial charge in [0.15, 0.2) is 9.84 Å². The lowest BCUT2D eigenvalue weighted by molar-refractivity contribution is 0.0515. The summed E-state index contributed by atoms with van der Waals surface area (Å²) in [4.78, 5) is 11.4. The Labute approximate surface area is 95.8 Å². The molecular weight excluding hydrogens is 230 g/mol. The highest BCUT2D eigenvalue weighted by molar-refractivity contribution is 7.95. The lowest BCUT2D eigenvalue weighted by Crippen LogP contribution is -2.41. The fourth-order valence-corrected chi connectivity index (χ4v) is 2.58. The largest absolute Gasteiger partial charge is 0.444 e. The molecule has 1 aliphatic rings. The SMILES string of the molecule is C[C@@H](NC(=O)OC(C)(C)C)C1=CS(=O)(=O)C1. The van der Waals surface area contributed by atoms with Gasteiger partial charge in [-0.05, 0) is 33.3 Å². The Morgan fingerprint density at radius 1 is 1.50 bits per heavy atom. The van der Waals surface area contributed by atoms with Gasteiger partial charge >= 0.3 is 6.09 Å². The summed E-state index contributed by atoms with van der Waals surface area (Å²) < 4.78 is 26.8. The van der Waals surface area contributed by atoms with Gasteiger partial charge in [0.1, 0.15) is 5.60 Å². The number of alkyl carbamates (subject to hydrolysis) is 1. The molecule has 1 aliphatic heterocycles. The van der Waals surface area contributed by atoms with Crippen LogP contribution in [0.2, 0.25) is 0 Å². The van der Waals surface area contributed by atoms with E-state index >= 15 is 0 Å². The average Bonchev–Trinajstić information content (AvgIpc) is 1.95. The Bertz CT molecular complexity index is 417. The van der Waals surface area contributed by atoms with Crippen molar-refractivity contribution in [2.45, 2.75) is 39.3 Å². The summed E-state index contributed by atoms with van der Waals surface area (Å²) in [5.41, 5.74) is 0.148. The van der Waals surface area contributed by atoms with Gasteiger partial charge < -0.3 is 10.1 Å². The van der Waals surface area contributed by atoms with Crippen LogP contribution in [0.1, 0.15) is 27.7 Å². The van der Waals surface area contributed by atoms with E-state index in [9.17, 15) is 13.2 Å². The molecule has 1 N–H and O–H groups in total. The fraction of sp³-hybridized carbons (Fsp3) is 0.700. The number of carbonyl (C=O) groups excluding carboxylic acids is 1. The zero-order valence-corrected chi connectivity index (χ0v) is 10.7. The van der Waals surface area contributed by atoms with Crippen LogP contribution in [-0.2, 0) is 14.6 Å². The maximum absolute atomic E-state index is 11.4. The smallest absolute Gasteiger partial charge is 0.408 e. The maximum atomic E-state index is 11.4. The molecule has 0 fully saturated rings. The van der Waals surface area contributed by atoms with E-state index in [-0.39, 0.29) is 11.8 Å². The molecule has 6 heteroatoms. The highest BCUT2D eigenvalue weighted by atomic mass is 32.2. The van der Waals surface area contributed by atoms with Gasteiger partial charge in [0.25, 0.3) is 0 Å². The fourth-order valence-electron chi connectivity index (χ4n) is 1.24. The van der Waals surface area contributed by atoms with Gasteiger partial charge in [0.2, 0.25) is 0 Å². The summed E-state index contributed by atoms with van der Waals surface area (Å²) in [5, 5.41) is 3.77. The normalized spacial score (nSPS) is 20.4. The summed E-state index contributed by atoms with van der Waals surface area (Å²) in [5.74, 6) is 0.0178. The number of hydrogen-bond acceptors (Lipinski definition) is 4. The standard InChI is InChI=1S/C10H17NO4S/c1-7(8-5-16(13,14)6-8)11-9(12)15-10(2,3)4/h5,7H,6H2,1-4H3,(H,11,12)/t7-/m1/s1. The molecule has 0 spiro atoms. The summed E-state index contributed by atoms with van der Waals surface area (Å²) in [7, 11) is -3.00. The molecule has 0 radical (unpaired) electrons. The summed E-state index contributed by atoms with van der Waals surface area (Å²) >= 11 is 0. The van der Waals surface area contributed by atoms with Crippen molar-refractivity contribution in [3.63, 3.8) is 0 Å². The van der Waals surface area contributed by atoms with E-state index in [4.69, 9.17) is 4.74 Å². The summed E-state index contributed by atoms with van der Waals surface area (Å²) in [6, 6.07) is -0.307. The highest BCUT2D eigenvalue weighted by Crippen LogP contribution is 2.19. The van der Waals surface area contributed by atoms with Crippen molar-refractivity contribution < 1.29 is 17.9 Å². The number of sulfone groups is 1. The average molecular weight is 247 g/mol. The first kappa shape index (κ1) is 13.0. The molecule has 1 atom stereocenters. The Hall–Kier alpha value is -1.04. The van der Waals surface area contributed by atoms with Crippen LogP contribution < -0.4 is 5.32 Å². The number of carbonyl (C=O) groups is 1. The van der Waals surface area contributed by atoms with Gasteiger partial charge in [0.05, 0.1) is 11.8 Å². The molecule has 0 aromatic heterocycles. The molecule has 0 unspecified atom stereocenters. The predicted molar refractivity (Wildman–Crippen MR) is 60.7 cm³/mol. The van der Waals surface area contributed by atoms with E-state index in [0.717, 1.165) is 0 Å². The van der Waals surface area contributed by atoms with Gasteiger partial charge in [-0.15, -0.1) is 0 Å². The Kier molecular flexibility index (Phi) is 3.33. The molecule has 92 valence electrons. The van der Waals surface area contributed by atoms with Crippen LogP contribution in [0, 0.1) is 0 Å². The Balaban J connectivity index is 2.48. The minimum absolute atomic E-state index is 0.0178. The van der Waals surface area contributed by atoms with Crippen molar-refractivity contribution in [3.05, 3.63) is 11.0 Å². The van der Waals surface area contributed by atoms with Gasteiger partial charge in [-0.1, -0.05) is 0 Å². The Morgan fingerprint density at radius 2 is 2.00 bits per heavy atom. The molecule has 16 heavy (non-hydrogen) atoms. The number of hydrogen-bond donors (Lipinski definition) is 1. The van der Waals surface area contributed by atoms with Gasteiger partial charge in [-0.25, -0.2) is 13.2 Å². The van der Waals surface area contributed by atoms with Crippen molar-refractivity contribution in [1.29, 1.82) is 0 Å². The minimum atomic E-state index is -3.00. The zero-order valence-electron chi connectivity index (χ0n) is 9.90. The third kappa shape index (κ3) is 3.84. The molecule has 0 bridgehead atoms. The highest BCUT2D eigenvalue weighted by Gasteiger charge is 2.28. The first-order valence-electron chi connectivity index (χ1n) is 5.02. The van der Waals surface area contributed by atoms with Crippen molar-refractivity contribution in [2.24, 2.45) is 0 Å². The number of nitrogens with one attached hydrogen (secondary N) is 1. The molecule has 0 aliphatic carbocycles. The van der Waals surface area contributed by atoms with Crippen LogP contribution in [0.25, 0.3) is 0 Å². The van der Waals surface area contributed by atoms with Crippen LogP contribution >= 0.6 is 0 Å². The van der Waals surface area contributed by atoms with Gasteiger partial charge in [0, 0.05) is 5.41 Å². The van der Waals surface area contributed by atoms with E-state index < -0.39 is 21.5 Å². The molecule has 5 nitrogen and oxygen atoms in total. The van der Waals surface area contributed by atoms with Crippen LogP contribution in [0.4, 0.5) is 4.79 Å². The van der Waals surface area contributed by atoms with E-state index in [0.29, 0.717) is 5.57 Å². The maximum Gasteiger partial charge on any atom is 0.408 e. The second-order valence-electron chi connectivity index (χ2n) is 4.87. The molecule has 1 rings (SSSR count). The quantitative estimate of drug-likeness (QED) is 0.796. The van der Waals surface area contributed by atoms with E-state index in [1.807, 2.05) is 0 Å². The van der Waals surface area contributed by atoms with Gasteiger partial charge in [-0.3, -0.25) is 0 Å². The third-order valence-electron chi connectivity index (χ3n) is 1.99. The van der Waals surface area contributed by atoms with E-state index in [2.05, 4.69) is 5.32 Å². The summed E-state index contributed by atoms with van der Waals surface area (Å²) in [6.07, 6.45) is -0.537. The molecule has 0 aromatic carbocycles. The van der Waals surface area contributed by atoms with E-state index in [1.165, 1.54) is 5.41 Å². The van der Waals surface area contributed by atoms with Crippen LogP contribution in [-0.4, -0.2) is 31.9 Å². The molecule has 0 saturated carbocycles. The second kappa shape index (κ2) is 4.08. The van der Waals surface area contributed by atoms with Crippen molar-refractivity contribution in [3.8, 4) is 0 Å². The van der Waals surface area contributed by atoms with Crippen LogP contribution in [0.3, 0.4) is 0 Å². The van der Waals surface area contributed by atoms with Gasteiger partial charge in [-0.2, -0.15) is 0 Å². The number of rotatable bonds is 2. The molecule has 1 amide bonds. The Morgan fingerprint density at radius 3 is 2.38 bits per heavy atom.